The second-order valence-corrected chi connectivity index (χ2v) is 9.00. The molecule has 3 aromatic rings. The number of aromatic nitrogens is 2. The van der Waals surface area contributed by atoms with E-state index < -0.39 is 0 Å². The molecule has 5 heteroatoms. The minimum absolute atomic E-state index is 0.517. The zero-order valence-electron chi connectivity index (χ0n) is 15.6. The first kappa shape index (κ1) is 17.2. The van der Waals surface area contributed by atoms with Gasteiger partial charge in [-0.1, -0.05) is 36.4 Å². The Kier molecular flexibility index (Phi) is 4.60. The first-order chi connectivity index (χ1) is 13.3. The number of hydrogen-bond donors (Lipinski definition) is 1. The summed E-state index contributed by atoms with van der Waals surface area (Å²) in [5, 5.41) is 10.7. The molecule has 2 aliphatic rings. The van der Waals surface area contributed by atoms with E-state index in [1.807, 2.05) is 0 Å². The molecule has 1 atom stereocenters. The van der Waals surface area contributed by atoms with Crippen LogP contribution in [-0.4, -0.2) is 40.9 Å². The molecule has 2 fully saturated rings. The first-order valence-electron chi connectivity index (χ1n) is 9.87. The molecule has 0 aliphatic carbocycles. The highest BCUT2D eigenvalue weighted by molar-refractivity contribution is 7.13. The van der Waals surface area contributed by atoms with Gasteiger partial charge in [0.1, 0.15) is 5.69 Å². The van der Waals surface area contributed by atoms with Gasteiger partial charge in [0.2, 0.25) is 0 Å². The average molecular weight is 379 g/mol. The lowest BCUT2D eigenvalue weighted by Gasteiger charge is -2.22. The summed E-state index contributed by atoms with van der Waals surface area (Å²) < 4.78 is 2.11. The van der Waals surface area contributed by atoms with Gasteiger partial charge in [-0.3, -0.25) is 9.58 Å². The van der Waals surface area contributed by atoms with Gasteiger partial charge in [0, 0.05) is 31.4 Å². The molecule has 27 heavy (non-hydrogen) atoms. The average Bonchev–Trinajstić information content (AvgIpc) is 3.47. The van der Waals surface area contributed by atoms with Crippen LogP contribution in [0.25, 0.3) is 10.6 Å². The van der Waals surface area contributed by atoms with Crippen LogP contribution in [0.15, 0.2) is 54.0 Å². The van der Waals surface area contributed by atoms with Gasteiger partial charge in [-0.2, -0.15) is 5.10 Å². The van der Waals surface area contributed by atoms with Crippen molar-refractivity contribution in [3.05, 3.63) is 65.2 Å². The Labute approximate surface area is 164 Å². The molecule has 2 aliphatic heterocycles. The maximum absolute atomic E-state index is 4.97. The molecule has 5 rings (SSSR count). The summed E-state index contributed by atoms with van der Waals surface area (Å²) >= 11 is 1.78. The predicted octanol–water partition coefficient (Wildman–Crippen LogP) is 3.85. The van der Waals surface area contributed by atoms with E-state index in [0.29, 0.717) is 5.41 Å². The number of likely N-dealkylation sites (tertiary alicyclic amines) is 1. The Bertz CT molecular complexity index is 878. The van der Waals surface area contributed by atoms with Crippen molar-refractivity contribution in [2.45, 2.75) is 25.9 Å². The maximum Gasteiger partial charge on any atom is 0.107 e. The number of nitrogens with one attached hydrogen (secondary N) is 1. The quantitative estimate of drug-likeness (QED) is 0.732. The summed E-state index contributed by atoms with van der Waals surface area (Å²) in [5.41, 5.74) is 4.33. The lowest BCUT2D eigenvalue weighted by Crippen LogP contribution is -2.29. The number of benzene rings is 1. The molecule has 0 amide bonds. The van der Waals surface area contributed by atoms with Crippen LogP contribution in [0.3, 0.4) is 0 Å². The fraction of sp³-hybridized carbons (Fsp3) is 0.409. The summed E-state index contributed by atoms with van der Waals surface area (Å²) in [7, 11) is 0. The summed E-state index contributed by atoms with van der Waals surface area (Å²) in [5.74, 6) is 0. The molecular weight excluding hydrogens is 352 g/mol. The molecule has 1 unspecified atom stereocenters. The molecule has 0 saturated carbocycles. The van der Waals surface area contributed by atoms with E-state index in [9.17, 15) is 0 Å². The standard InChI is InChI=1S/C22H26N4S/c1-2-5-18(6-3-1)13-26-15-19(21(24-26)20-7-4-12-27-20)14-25-11-9-22(17-25)8-10-23-16-22/h1-7,12,15,23H,8-11,13-14,16-17H2. The SMILES string of the molecule is c1ccc(Cn2cc(CN3CCC4(CCNC4)C3)c(-c3cccs3)n2)cc1. The van der Waals surface area contributed by atoms with Gasteiger partial charge in [0.25, 0.3) is 0 Å². The topological polar surface area (TPSA) is 33.1 Å². The molecule has 0 bridgehead atoms. The van der Waals surface area contributed by atoms with Crippen LogP contribution in [0.1, 0.15) is 24.0 Å². The van der Waals surface area contributed by atoms with E-state index in [0.717, 1.165) is 18.8 Å². The number of thiophene rings is 1. The molecule has 4 nitrogen and oxygen atoms in total. The van der Waals surface area contributed by atoms with Crippen LogP contribution in [0.2, 0.25) is 0 Å². The Morgan fingerprint density at radius 2 is 2.00 bits per heavy atom. The largest absolute Gasteiger partial charge is 0.316 e. The van der Waals surface area contributed by atoms with Crippen LogP contribution in [-0.2, 0) is 13.1 Å². The molecule has 140 valence electrons. The molecule has 1 N–H and O–H groups in total. The molecule has 4 heterocycles. The van der Waals surface area contributed by atoms with E-state index in [4.69, 9.17) is 5.10 Å². The number of rotatable bonds is 5. The summed E-state index contributed by atoms with van der Waals surface area (Å²) in [4.78, 5) is 3.90. The van der Waals surface area contributed by atoms with Crippen LogP contribution in [0.5, 0.6) is 0 Å². The maximum atomic E-state index is 4.97. The summed E-state index contributed by atoms with van der Waals surface area (Å²) in [6.07, 6.45) is 4.92. The van der Waals surface area contributed by atoms with Crippen molar-refractivity contribution in [3.63, 3.8) is 0 Å². The van der Waals surface area contributed by atoms with Crippen LogP contribution in [0, 0.1) is 5.41 Å². The van der Waals surface area contributed by atoms with Crippen molar-refractivity contribution in [2.75, 3.05) is 26.2 Å². The third-order valence-corrected chi connectivity index (χ3v) is 6.90. The molecule has 2 aromatic heterocycles. The Balaban J connectivity index is 1.39. The normalized spacial score (nSPS) is 22.8. The van der Waals surface area contributed by atoms with Crippen LogP contribution in [0.4, 0.5) is 0 Å². The van der Waals surface area contributed by atoms with E-state index in [2.05, 4.69) is 68.9 Å². The van der Waals surface area contributed by atoms with Gasteiger partial charge in [0.15, 0.2) is 0 Å². The van der Waals surface area contributed by atoms with Crippen LogP contribution >= 0.6 is 11.3 Å². The fourth-order valence-corrected chi connectivity index (χ4v) is 5.34. The summed E-state index contributed by atoms with van der Waals surface area (Å²) in [6.45, 7) is 6.62. The molecule has 2 saturated heterocycles. The van der Waals surface area contributed by atoms with Crippen LogP contribution < -0.4 is 5.32 Å². The second-order valence-electron chi connectivity index (χ2n) is 8.05. The van der Waals surface area contributed by atoms with Gasteiger partial charge in [-0.15, -0.1) is 11.3 Å². The highest BCUT2D eigenvalue weighted by atomic mass is 32.1. The molecule has 1 spiro atoms. The smallest absolute Gasteiger partial charge is 0.107 e. The third-order valence-electron chi connectivity index (χ3n) is 6.02. The van der Waals surface area contributed by atoms with Gasteiger partial charge < -0.3 is 5.32 Å². The monoisotopic (exact) mass is 378 g/mol. The fourth-order valence-electron chi connectivity index (χ4n) is 4.60. The minimum Gasteiger partial charge on any atom is -0.316 e. The second kappa shape index (κ2) is 7.23. The lowest BCUT2D eigenvalue weighted by molar-refractivity contribution is 0.269. The highest BCUT2D eigenvalue weighted by Crippen LogP contribution is 2.37. The molecule has 1 aromatic carbocycles. The van der Waals surface area contributed by atoms with Crippen molar-refractivity contribution < 1.29 is 0 Å². The van der Waals surface area contributed by atoms with Crippen molar-refractivity contribution in [2.24, 2.45) is 5.41 Å². The van der Waals surface area contributed by atoms with Crippen molar-refractivity contribution >= 4 is 11.3 Å². The summed E-state index contributed by atoms with van der Waals surface area (Å²) in [6, 6.07) is 14.9. The number of hydrogen-bond acceptors (Lipinski definition) is 4. The first-order valence-corrected chi connectivity index (χ1v) is 10.7. The number of nitrogens with zero attached hydrogens (tertiary/aromatic N) is 3. The Morgan fingerprint density at radius 1 is 1.07 bits per heavy atom. The highest BCUT2D eigenvalue weighted by Gasteiger charge is 2.40. The zero-order chi connectivity index (χ0) is 18.1. The predicted molar refractivity (Wildman–Crippen MR) is 111 cm³/mol. The van der Waals surface area contributed by atoms with Gasteiger partial charge in [-0.25, -0.2) is 0 Å². The van der Waals surface area contributed by atoms with Gasteiger partial charge in [0.05, 0.1) is 11.4 Å². The van der Waals surface area contributed by atoms with Crippen molar-refractivity contribution in [3.8, 4) is 10.6 Å². The third kappa shape index (κ3) is 3.59. The lowest BCUT2D eigenvalue weighted by atomic mass is 9.86. The Morgan fingerprint density at radius 3 is 2.78 bits per heavy atom. The van der Waals surface area contributed by atoms with Crippen molar-refractivity contribution in [1.29, 1.82) is 0 Å². The van der Waals surface area contributed by atoms with E-state index in [-0.39, 0.29) is 0 Å². The molecule has 0 radical (unpaired) electrons. The minimum atomic E-state index is 0.517. The van der Waals surface area contributed by atoms with E-state index in [1.54, 1.807) is 11.3 Å². The molecular formula is C22H26N4S. The zero-order valence-corrected chi connectivity index (χ0v) is 16.4. The van der Waals surface area contributed by atoms with Gasteiger partial charge in [-0.05, 0) is 48.4 Å². The Hall–Kier alpha value is -1.95. The van der Waals surface area contributed by atoms with Crippen molar-refractivity contribution in [1.82, 2.24) is 20.0 Å². The van der Waals surface area contributed by atoms with E-state index in [1.165, 1.54) is 55.0 Å². The van der Waals surface area contributed by atoms with Gasteiger partial charge >= 0.3 is 0 Å². The van der Waals surface area contributed by atoms with E-state index >= 15 is 0 Å².